The van der Waals surface area contributed by atoms with Crippen LogP contribution in [-0.2, 0) is 11.0 Å². The number of ether oxygens (including phenoxy) is 1. The highest BCUT2D eigenvalue weighted by molar-refractivity contribution is 5.84. The van der Waals surface area contributed by atoms with E-state index >= 15 is 0 Å². The highest BCUT2D eigenvalue weighted by Crippen LogP contribution is 2.74. The number of halogens is 3. The predicted octanol–water partition coefficient (Wildman–Crippen LogP) is 6.20. The van der Waals surface area contributed by atoms with Crippen LogP contribution in [0.15, 0.2) is 12.4 Å². The number of nitrogens with zero attached hydrogens (tertiary/aromatic N) is 2. The maximum Gasteiger partial charge on any atom is 0.451 e. The molecule has 5 aliphatic carbocycles. The van der Waals surface area contributed by atoms with E-state index < -0.39 is 12.0 Å². The molecule has 0 N–H and O–H groups in total. The molecule has 0 aliphatic heterocycles. The zero-order valence-corrected chi connectivity index (χ0v) is 20.1. The molecule has 5 saturated carbocycles. The largest absolute Gasteiger partial charge is 0.483 e. The molecule has 2 unspecified atom stereocenters. The first kappa shape index (κ1) is 22.8. The highest BCUT2D eigenvalue weighted by Gasteiger charge is 2.70. The lowest BCUT2D eigenvalue weighted by molar-refractivity contribution is -0.145. The van der Waals surface area contributed by atoms with E-state index in [0.717, 1.165) is 54.8 Å². The zero-order chi connectivity index (χ0) is 23.8. The smallest absolute Gasteiger partial charge is 0.451 e. The second kappa shape index (κ2) is 7.92. The number of carbonyl (C=O) groups excluding carboxylic acids is 1. The van der Waals surface area contributed by atoms with Crippen molar-refractivity contribution in [3.8, 4) is 5.75 Å². The molecule has 0 saturated heterocycles. The number of Topliss-reactive ketones (excluding diaryl/α,β-unsaturated/α-hetero) is 1. The Kier molecular flexibility index (Phi) is 5.31. The minimum Gasteiger partial charge on any atom is -0.483 e. The lowest BCUT2D eigenvalue weighted by Gasteiger charge is -2.57. The van der Waals surface area contributed by atoms with Crippen LogP contribution in [0.3, 0.4) is 0 Å². The van der Waals surface area contributed by atoms with E-state index in [-0.39, 0.29) is 29.5 Å². The van der Waals surface area contributed by atoms with Crippen LogP contribution in [0.25, 0.3) is 0 Å². The summed E-state index contributed by atoms with van der Waals surface area (Å²) >= 11 is 0. The molecule has 5 aliphatic rings. The maximum atomic E-state index is 13.4. The number of alkyl halides is 3. The van der Waals surface area contributed by atoms with Crippen molar-refractivity contribution in [1.29, 1.82) is 0 Å². The minimum absolute atomic E-state index is 0.0166. The second-order valence-corrected chi connectivity index (χ2v) is 12.4. The molecule has 6 rings (SSSR count). The van der Waals surface area contributed by atoms with E-state index in [1.165, 1.54) is 38.5 Å². The summed E-state index contributed by atoms with van der Waals surface area (Å²) < 4.78 is 43.7. The SMILES string of the molecule is C[C@H]1CC[C@H]2[C@H](CCC3C4[C@@H]5C[C@@H]5[C@H](C(=O)COc5cnc(C(F)(F)F)nc5)[C@@]4(C)CC[C@@H]32)C1. The molecule has 0 aromatic carbocycles. The molecular weight excluding hydrogens is 441 g/mol. The summed E-state index contributed by atoms with van der Waals surface area (Å²) in [6, 6.07) is 0. The first-order valence-electron chi connectivity index (χ1n) is 13.2. The number of ketones is 1. The first-order valence-corrected chi connectivity index (χ1v) is 13.2. The van der Waals surface area contributed by atoms with Gasteiger partial charge in [-0.15, -0.1) is 0 Å². The van der Waals surface area contributed by atoms with Crippen molar-refractivity contribution in [3.05, 3.63) is 18.2 Å². The molecule has 1 heterocycles. The summed E-state index contributed by atoms with van der Waals surface area (Å²) in [7, 11) is 0. The molecule has 10 atom stereocenters. The van der Waals surface area contributed by atoms with Crippen LogP contribution in [0.4, 0.5) is 13.2 Å². The van der Waals surface area contributed by atoms with E-state index in [1.807, 2.05) is 0 Å². The zero-order valence-electron chi connectivity index (χ0n) is 20.1. The van der Waals surface area contributed by atoms with Crippen LogP contribution in [-0.4, -0.2) is 22.4 Å². The molecule has 0 bridgehead atoms. The summed E-state index contributed by atoms with van der Waals surface area (Å²) in [5.41, 5.74) is 0.0423. The molecule has 0 amide bonds. The molecule has 5 fully saturated rings. The Morgan fingerprint density at radius 3 is 2.47 bits per heavy atom. The van der Waals surface area contributed by atoms with E-state index in [2.05, 4.69) is 23.8 Å². The standard InChI is InChI=1S/C27H35F3N2O2/c1-14-3-5-17-15(9-14)4-6-19-18(17)7-8-26(2)23(19)20-10-21(20)24(26)22(33)13-34-16-11-31-25(32-12-16)27(28,29)30/h11-12,14-15,17-21,23-24H,3-10,13H2,1-2H3/t14-,15+,17-,18+,19?,20+,21-,23?,24+,26-/m0/s1. The third kappa shape index (κ3) is 3.59. The summed E-state index contributed by atoms with van der Waals surface area (Å²) in [4.78, 5) is 20.1. The average Bonchev–Trinajstić information content (AvgIpc) is 3.50. The van der Waals surface area contributed by atoms with Crippen LogP contribution in [0, 0.1) is 58.7 Å². The van der Waals surface area contributed by atoms with Gasteiger partial charge >= 0.3 is 6.18 Å². The van der Waals surface area contributed by atoms with Gasteiger partial charge in [-0.05, 0) is 97.7 Å². The Hall–Kier alpha value is -1.66. The van der Waals surface area contributed by atoms with Gasteiger partial charge in [0.15, 0.2) is 11.5 Å². The van der Waals surface area contributed by atoms with Gasteiger partial charge in [-0.25, -0.2) is 9.97 Å². The summed E-state index contributed by atoms with van der Waals surface area (Å²) in [5, 5.41) is 0. The topological polar surface area (TPSA) is 52.1 Å². The van der Waals surface area contributed by atoms with Gasteiger partial charge in [0.1, 0.15) is 6.61 Å². The fourth-order valence-electron chi connectivity index (χ4n) is 9.44. The van der Waals surface area contributed by atoms with Gasteiger partial charge < -0.3 is 4.74 Å². The second-order valence-electron chi connectivity index (χ2n) is 12.4. The van der Waals surface area contributed by atoms with Gasteiger partial charge in [0.05, 0.1) is 12.4 Å². The van der Waals surface area contributed by atoms with Gasteiger partial charge in [0, 0.05) is 5.92 Å². The van der Waals surface area contributed by atoms with Crippen molar-refractivity contribution in [3.63, 3.8) is 0 Å². The van der Waals surface area contributed by atoms with Crippen molar-refractivity contribution >= 4 is 5.78 Å². The Morgan fingerprint density at radius 2 is 1.74 bits per heavy atom. The van der Waals surface area contributed by atoms with E-state index in [9.17, 15) is 18.0 Å². The van der Waals surface area contributed by atoms with Crippen molar-refractivity contribution in [2.75, 3.05) is 6.61 Å². The first-order chi connectivity index (χ1) is 16.2. The van der Waals surface area contributed by atoms with Crippen molar-refractivity contribution in [1.82, 2.24) is 9.97 Å². The fourth-order valence-corrected chi connectivity index (χ4v) is 9.44. The number of hydrogen-bond acceptors (Lipinski definition) is 4. The molecular formula is C27H35F3N2O2. The maximum absolute atomic E-state index is 13.4. The minimum atomic E-state index is -4.59. The Labute approximate surface area is 199 Å². The molecule has 1 aromatic heterocycles. The van der Waals surface area contributed by atoms with Crippen LogP contribution >= 0.6 is 0 Å². The fraction of sp³-hybridized carbons (Fsp3) is 0.815. The van der Waals surface area contributed by atoms with E-state index in [0.29, 0.717) is 17.8 Å². The van der Waals surface area contributed by atoms with E-state index in [1.54, 1.807) is 0 Å². The van der Waals surface area contributed by atoms with Crippen LogP contribution < -0.4 is 4.74 Å². The quantitative estimate of drug-likeness (QED) is 0.519. The number of aromatic nitrogens is 2. The Morgan fingerprint density at radius 1 is 1.00 bits per heavy atom. The predicted molar refractivity (Wildman–Crippen MR) is 120 cm³/mol. The number of rotatable bonds is 4. The summed E-state index contributed by atoms with van der Waals surface area (Å²) in [5.74, 6) is 5.15. The van der Waals surface area contributed by atoms with E-state index in [4.69, 9.17) is 4.74 Å². The van der Waals surface area contributed by atoms with Crippen LogP contribution in [0.1, 0.15) is 71.0 Å². The Balaban J connectivity index is 1.14. The lowest BCUT2D eigenvalue weighted by atomic mass is 9.48. The number of fused-ring (bicyclic) bond motifs is 7. The molecule has 34 heavy (non-hydrogen) atoms. The number of carbonyl (C=O) groups is 1. The summed E-state index contributed by atoms with van der Waals surface area (Å²) in [6.07, 6.45) is 7.87. The molecule has 0 spiro atoms. The van der Waals surface area contributed by atoms with Gasteiger partial charge in [-0.3, -0.25) is 4.79 Å². The summed E-state index contributed by atoms with van der Waals surface area (Å²) in [6.45, 7) is 4.67. The molecule has 4 nitrogen and oxygen atoms in total. The molecule has 186 valence electrons. The van der Waals surface area contributed by atoms with Crippen molar-refractivity contribution < 1.29 is 22.7 Å². The number of hydrogen-bond donors (Lipinski definition) is 0. The molecule has 7 heteroatoms. The highest BCUT2D eigenvalue weighted by atomic mass is 19.4. The van der Waals surface area contributed by atoms with Crippen LogP contribution in [0.2, 0.25) is 0 Å². The molecule has 0 radical (unpaired) electrons. The normalized spacial score (nSPS) is 44.9. The lowest BCUT2D eigenvalue weighted by Crippen LogP contribution is -2.51. The van der Waals surface area contributed by atoms with Gasteiger partial charge in [0.25, 0.3) is 0 Å². The molecule has 1 aromatic rings. The average molecular weight is 477 g/mol. The van der Waals surface area contributed by atoms with Crippen molar-refractivity contribution in [2.45, 2.75) is 71.4 Å². The van der Waals surface area contributed by atoms with Crippen molar-refractivity contribution in [2.24, 2.45) is 58.7 Å². The van der Waals surface area contributed by atoms with Gasteiger partial charge in [-0.1, -0.05) is 20.3 Å². The monoisotopic (exact) mass is 476 g/mol. The third-order valence-electron chi connectivity index (χ3n) is 10.6. The van der Waals surface area contributed by atoms with Gasteiger partial charge in [-0.2, -0.15) is 13.2 Å². The third-order valence-corrected chi connectivity index (χ3v) is 10.6. The Bertz CT molecular complexity index is 950. The van der Waals surface area contributed by atoms with Crippen LogP contribution in [0.5, 0.6) is 5.75 Å². The van der Waals surface area contributed by atoms with Gasteiger partial charge in [0.2, 0.25) is 5.82 Å².